The molecule has 8 nitrogen and oxygen atoms in total. The zero-order chi connectivity index (χ0) is 17.9. The maximum atomic E-state index is 12.4. The highest BCUT2D eigenvalue weighted by Gasteiger charge is 2.34. The van der Waals surface area contributed by atoms with Gasteiger partial charge in [0.1, 0.15) is 0 Å². The summed E-state index contributed by atoms with van der Waals surface area (Å²) in [5, 5.41) is 12.0. The fraction of sp³-hybridized carbons (Fsp3) is 0.867. The van der Waals surface area contributed by atoms with E-state index in [-0.39, 0.29) is 29.8 Å². The molecule has 2 N–H and O–H groups in total. The number of carboxylic acids is 1. The van der Waals surface area contributed by atoms with Crippen LogP contribution in [0.3, 0.4) is 0 Å². The summed E-state index contributed by atoms with van der Waals surface area (Å²) >= 11 is 0. The summed E-state index contributed by atoms with van der Waals surface area (Å²) in [5.41, 5.74) is 0. The average Bonchev–Trinajstić information content (AvgIpc) is 2.55. The Morgan fingerprint density at radius 2 is 1.79 bits per heavy atom. The van der Waals surface area contributed by atoms with E-state index in [2.05, 4.69) is 5.32 Å². The second kappa shape index (κ2) is 7.69. The maximum absolute atomic E-state index is 12.4. The van der Waals surface area contributed by atoms with Gasteiger partial charge in [-0.25, -0.2) is 13.2 Å². The summed E-state index contributed by atoms with van der Waals surface area (Å²) in [4.78, 5) is 25.1. The van der Waals surface area contributed by atoms with Gasteiger partial charge in [-0.3, -0.25) is 4.79 Å². The fourth-order valence-electron chi connectivity index (χ4n) is 3.40. The molecule has 24 heavy (non-hydrogen) atoms. The molecular formula is C15H27N3O5S. The van der Waals surface area contributed by atoms with Gasteiger partial charge in [0.25, 0.3) is 0 Å². The minimum atomic E-state index is -3.23. The van der Waals surface area contributed by atoms with E-state index in [1.165, 1.54) is 4.31 Å². The first kappa shape index (κ1) is 19.0. The van der Waals surface area contributed by atoms with Gasteiger partial charge in [0.15, 0.2) is 0 Å². The minimum absolute atomic E-state index is 0.00213. The molecule has 0 spiro atoms. The molecular weight excluding hydrogens is 334 g/mol. The van der Waals surface area contributed by atoms with Gasteiger partial charge < -0.3 is 15.3 Å². The number of carbonyl (C=O) groups is 2. The van der Waals surface area contributed by atoms with Crippen molar-refractivity contribution >= 4 is 22.0 Å². The Labute approximate surface area is 143 Å². The first-order chi connectivity index (χ1) is 11.2. The van der Waals surface area contributed by atoms with E-state index in [9.17, 15) is 18.0 Å². The molecule has 0 bridgehead atoms. The van der Waals surface area contributed by atoms with Crippen LogP contribution in [-0.4, -0.2) is 72.2 Å². The van der Waals surface area contributed by atoms with E-state index < -0.39 is 16.0 Å². The molecule has 138 valence electrons. The molecule has 9 heteroatoms. The van der Waals surface area contributed by atoms with E-state index in [1.54, 1.807) is 11.8 Å². The number of aliphatic carboxylic acids is 1. The van der Waals surface area contributed by atoms with E-state index in [0.29, 0.717) is 45.3 Å². The standard InChI is InChI=1S/C15H27N3O5S/c1-3-24(22,23)17-8-9-18(11(2)10-17)15(21)16-13-6-4-12(5-7-13)14(19)20/h11-13H,3-10H2,1-2H3,(H,16,21)(H,19,20)/t11-,12?,13?/m1/s1. The summed E-state index contributed by atoms with van der Waals surface area (Å²) in [6.07, 6.45) is 2.50. The van der Waals surface area contributed by atoms with E-state index in [0.717, 1.165) is 0 Å². The molecule has 0 unspecified atom stereocenters. The monoisotopic (exact) mass is 361 g/mol. The zero-order valence-corrected chi connectivity index (χ0v) is 15.1. The number of hydrogen-bond acceptors (Lipinski definition) is 4. The molecule has 1 atom stereocenters. The molecule has 1 heterocycles. The van der Waals surface area contributed by atoms with Crippen LogP contribution in [0.5, 0.6) is 0 Å². The molecule has 1 saturated carbocycles. The highest BCUT2D eigenvalue weighted by molar-refractivity contribution is 7.89. The zero-order valence-electron chi connectivity index (χ0n) is 14.3. The Bertz CT molecular complexity index is 572. The first-order valence-corrected chi connectivity index (χ1v) is 10.1. The Balaban J connectivity index is 1.85. The Kier molecular flexibility index (Phi) is 6.08. The number of urea groups is 1. The van der Waals surface area contributed by atoms with Crippen LogP contribution in [0.25, 0.3) is 0 Å². The van der Waals surface area contributed by atoms with Crippen molar-refractivity contribution in [3.05, 3.63) is 0 Å². The van der Waals surface area contributed by atoms with Gasteiger partial charge in [-0.05, 0) is 39.5 Å². The van der Waals surface area contributed by atoms with Crippen molar-refractivity contribution in [2.75, 3.05) is 25.4 Å². The molecule has 1 aliphatic carbocycles. The number of rotatable bonds is 4. The van der Waals surface area contributed by atoms with Crippen molar-refractivity contribution in [3.63, 3.8) is 0 Å². The predicted octanol–water partition coefficient (Wildman–Crippen LogP) is 0.695. The van der Waals surface area contributed by atoms with Gasteiger partial charge in [-0.15, -0.1) is 0 Å². The number of carboxylic acid groups (broad SMARTS) is 1. The van der Waals surface area contributed by atoms with Crippen LogP contribution in [0.2, 0.25) is 0 Å². The highest BCUT2D eigenvalue weighted by Crippen LogP contribution is 2.25. The van der Waals surface area contributed by atoms with Crippen molar-refractivity contribution in [1.29, 1.82) is 0 Å². The van der Waals surface area contributed by atoms with Gasteiger partial charge in [-0.2, -0.15) is 4.31 Å². The van der Waals surface area contributed by atoms with E-state index >= 15 is 0 Å². The lowest BCUT2D eigenvalue weighted by molar-refractivity contribution is -0.142. The summed E-state index contributed by atoms with van der Waals surface area (Å²) in [5.74, 6) is -1.000. The number of nitrogens with zero attached hydrogens (tertiary/aromatic N) is 2. The summed E-state index contributed by atoms with van der Waals surface area (Å²) < 4.78 is 25.3. The Morgan fingerprint density at radius 1 is 1.17 bits per heavy atom. The molecule has 2 amide bonds. The van der Waals surface area contributed by atoms with E-state index in [4.69, 9.17) is 5.11 Å². The lowest BCUT2D eigenvalue weighted by atomic mass is 9.86. The molecule has 2 fully saturated rings. The van der Waals surface area contributed by atoms with Gasteiger partial charge in [-0.1, -0.05) is 0 Å². The molecule has 0 aromatic rings. The lowest BCUT2D eigenvalue weighted by Gasteiger charge is -2.40. The third-order valence-electron chi connectivity index (χ3n) is 5.01. The number of sulfonamides is 1. The second-order valence-electron chi connectivity index (χ2n) is 6.64. The predicted molar refractivity (Wildman–Crippen MR) is 89.1 cm³/mol. The quantitative estimate of drug-likeness (QED) is 0.766. The summed E-state index contributed by atoms with van der Waals surface area (Å²) in [6.45, 7) is 4.47. The number of hydrogen-bond donors (Lipinski definition) is 2. The van der Waals surface area contributed by atoms with Crippen LogP contribution in [0.4, 0.5) is 4.79 Å². The normalized spacial score (nSPS) is 29.2. The minimum Gasteiger partial charge on any atom is -0.481 e. The van der Waals surface area contributed by atoms with Crippen molar-refractivity contribution in [2.45, 2.75) is 51.6 Å². The fourth-order valence-corrected chi connectivity index (χ4v) is 4.57. The number of piperazine rings is 1. The van der Waals surface area contributed by atoms with Crippen molar-refractivity contribution in [1.82, 2.24) is 14.5 Å². The Morgan fingerprint density at radius 3 is 2.29 bits per heavy atom. The third-order valence-corrected chi connectivity index (χ3v) is 6.86. The second-order valence-corrected chi connectivity index (χ2v) is 8.89. The van der Waals surface area contributed by atoms with Crippen molar-refractivity contribution < 1.29 is 23.1 Å². The molecule has 1 saturated heterocycles. The molecule has 0 aromatic carbocycles. The molecule has 2 rings (SSSR count). The van der Waals surface area contributed by atoms with Gasteiger partial charge in [0, 0.05) is 31.7 Å². The van der Waals surface area contributed by atoms with E-state index in [1.807, 2.05) is 6.92 Å². The van der Waals surface area contributed by atoms with Crippen LogP contribution >= 0.6 is 0 Å². The van der Waals surface area contributed by atoms with Crippen molar-refractivity contribution in [3.8, 4) is 0 Å². The SMILES string of the molecule is CCS(=O)(=O)N1CCN(C(=O)NC2CCC(C(=O)O)CC2)[C@H](C)C1. The van der Waals surface area contributed by atoms with Crippen molar-refractivity contribution in [2.24, 2.45) is 5.92 Å². The average molecular weight is 361 g/mol. The molecule has 0 aromatic heterocycles. The van der Waals surface area contributed by atoms with Crippen LogP contribution in [0.15, 0.2) is 0 Å². The van der Waals surface area contributed by atoms with Crippen LogP contribution < -0.4 is 5.32 Å². The Hall–Kier alpha value is -1.35. The number of nitrogens with one attached hydrogen (secondary N) is 1. The summed E-state index contributed by atoms with van der Waals surface area (Å²) in [7, 11) is -3.23. The smallest absolute Gasteiger partial charge is 0.317 e. The van der Waals surface area contributed by atoms with Crippen LogP contribution in [0, 0.1) is 5.92 Å². The molecule has 2 aliphatic rings. The number of amides is 2. The maximum Gasteiger partial charge on any atom is 0.317 e. The first-order valence-electron chi connectivity index (χ1n) is 8.52. The topological polar surface area (TPSA) is 107 Å². The van der Waals surface area contributed by atoms with Crippen LogP contribution in [0.1, 0.15) is 39.5 Å². The van der Waals surface area contributed by atoms with Gasteiger partial charge >= 0.3 is 12.0 Å². The molecule has 1 aliphatic heterocycles. The third kappa shape index (κ3) is 4.38. The van der Waals surface area contributed by atoms with Gasteiger partial charge in [0.2, 0.25) is 10.0 Å². The molecule has 0 radical (unpaired) electrons. The lowest BCUT2D eigenvalue weighted by Crippen LogP contribution is -2.59. The van der Waals surface area contributed by atoms with Crippen LogP contribution in [-0.2, 0) is 14.8 Å². The highest BCUT2D eigenvalue weighted by atomic mass is 32.2. The largest absolute Gasteiger partial charge is 0.481 e. The summed E-state index contributed by atoms with van der Waals surface area (Å²) in [6, 6.07) is -0.372. The van der Waals surface area contributed by atoms with Gasteiger partial charge in [0.05, 0.1) is 11.7 Å². The number of carbonyl (C=O) groups excluding carboxylic acids is 1.